The third-order valence-electron chi connectivity index (χ3n) is 3.90. The Kier molecular flexibility index (Phi) is 5.17. The summed E-state index contributed by atoms with van der Waals surface area (Å²) in [5.74, 6) is 2.08. The van der Waals surface area contributed by atoms with Crippen molar-refractivity contribution in [2.75, 3.05) is 62.9 Å². The van der Waals surface area contributed by atoms with Gasteiger partial charge in [-0.15, -0.1) is 0 Å². The molecule has 1 aliphatic rings. The first-order valence-electron chi connectivity index (χ1n) is 7.60. The molecule has 2 rings (SSSR count). The molecule has 0 radical (unpaired) electrons. The summed E-state index contributed by atoms with van der Waals surface area (Å²) in [6, 6.07) is 0.494. The van der Waals surface area contributed by atoms with Crippen LogP contribution in [0.4, 0.5) is 17.8 Å². The molecule has 1 aromatic heterocycles. The highest BCUT2D eigenvalue weighted by Gasteiger charge is 2.23. The summed E-state index contributed by atoms with van der Waals surface area (Å²) < 4.78 is 0. The van der Waals surface area contributed by atoms with Gasteiger partial charge in [0.05, 0.1) is 0 Å². The topological polar surface area (TPSA) is 60.4 Å². The van der Waals surface area contributed by atoms with E-state index in [1.807, 2.05) is 25.9 Å². The van der Waals surface area contributed by atoms with E-state index in [2.05, 4.69) is 44.2 Å². The molecule has 0 spiro atoms. The van der Waals surface area contributed by atoms with E-state index in [9.17, 15) is 0 Å². The van der Waals surface area contributed by atoms with Crippen LogP contribution < -0.4 is 15.1 Å². The predicted octanol–water partition coefficient (Wildman–Crippen LogP) is 0.900. The van der Waals surface area contributed by atoms with E-state index in [4.69, 9.17) is 0 Å². The highest BCUT2D eigenvalue weighted by atomic mass is 15.4. The molecule has 21 heavy (non-hydrogen) atoms. The van der Waals surface area contributed by atoms with Gasteiger partial charge in [-0.05, 0) is 39.9 Å². The quantitative estimate of drug-likeness (QED) is 0.865. The maximum absolute atomic E-state index is 4.59. The smallest absolute Gasteiger partial charge is 0.231 e. The van der Waals surface area contributed by atoms with Crippen LogP contribution in [0.15, 0.2) is 0 Å². The van der Waals surface area contributed by atoms with E-state index < -0.39 is 0 Å². The maximum atomic E-state index is 4.59. The molecule has 0 aliphatic carbocycles. The number of rotatable bonds is 5. The van der Waals surface area contributed by atoms with Gasteiger partial charge >= 0.3 is 0 Å². The average Bonchev–Trinajstić information content (AvgIpc) is 2.47. The number of piperidine rings is 1. The number of hydrogen-bond acceptors (Lipinski definition) is 7. The molecule has 0 unspecified atom stereocenters. The van der Waals surface area contributed by atoms with Gasteiger partial charge in [-0.25, -0.2) is 0 Å². The van der Waals surface area contributed by atoms with E-state index in [0.717, 1.165) is 38.4 Å². The number of hydrogen-bond donors (Lipinski definition) is 1. The minimum absolute atomic E-state index is 0.494. The molecule has 0 aromatic carbocycles. The van der Waals surface area contributed by atoms with Crippen LogP contribution in [0.3, 0.4) is 0 Å². The second-order valence-corrected chi connectivity index (χ2v) is 5.83. The van der Waals surface area contributed by atoms with Gasteiger partial charge in [0.15, 0.2) is 0 Å². The SMILES string of the molecule is CCNc1nc(N(C)C)nc(N(C)C2CCN(C)CC2)n1. The Morgan fingerprint density at radius 1 is 1.10 bits per heavy atom. The largest absolute Gasteiger partial charge is 0.354 e. The van der Waals surface area contributed by atoms with Crippen molar-refractivity contribution >= 4 is 17.8 Å². The van der Waals surface area contributed by atoms with Gasteiger partial charge in [0.1, 0.15) is 0 Å². The number of anilines is 3. The van der Waals surface area contributed by atoms with E-state index in [0.29, 0.717) is 17.9 Å². The zero-order valence-corrected chi connectivity index (χ0v) is 13.8. The molecule has 2 heterocycles. The van der Waals surface area contributed by atoms with Crippen molar-refractivity contribution in [3.63, 3.8) is 0 Å². The standard InChI is InChI=1S/C14H27N7/c1-6-15-12-16-13(19(2)3)18-14(17-12)21(5)11-7-9-20(4)10-8-11/h11H,6-10H2,1-5H3,(H,15,16,17,18). The summed E-state index contributed by atoms with van der Waals surface area (Å²) in [6.45, 7) is 5.09. The second-order valence-electron chi connectivity index (χ2n) is 5.83. The molecule has 0 amide bonds. The molecule has 0 bridgehead atoms. The zero-order valence-electron chi connectivity index (χ0n) is 13.8. The van der Waals surface area contributed by atoms with Crippen molar-refractivity contribution in [1.82, 2.24) is 19.9 Å². The van der Waals surface area contributed by atoms with Gasteiger partial charge < -0.3 is 20.0 Å². The summed E-state index contributed by atoms with van der Waals surface area (Å²) in [7, 11) is 8.15. The summed E-state index contributed by atoms with van der Waals surface area (Å²) in [5.41, 5.74) is 0. The first kappa shape index (κ1) is 15.8. The Morgan fingerprint density at radius 2 is 1.71 bits per heavy atom. The van der Waals surface area contributed by atoms with Crippen molar-refractivity contribution in [1.29, 1.82) is 0 Å². The molecule has 7 nitrogen and oxygen atoms in total. The lowest BCUT2D eigenvalue weighted by molar-refractivity contribution is 0.252. The van der Waals surface area contributed by atoms with E-state index in [1.54, 1.807) is 0 Å². The number of nitrogens with zero attached hydrogens (tertiary/aromatic N) is 6. The fourth-order valence-corrected chi connectivity index (χ4v) is 2.49. The van der Waals surface area contributed by atoms with E-state index >= 15 is 0 Å². The number of nitrogens with one attached hydrogen (secondary N) is 1. The zero-order chi connectivity index (χ0) is 15.4. The Balaban J connectivity index is 2.20. The molecule has 1 saturated heterocycles. The molecular formula is C14H27N7. The van der Waals surface area contributed by atoms with E-state index in [1.165, 1.54) is 0 Å². The van der Waals surface area contributed by atoms with Crippen molar-refractivity contribution in [2.45, 2.75) is 25.8 Å². The minimum Gasteiger partial charge on any atom is -0.354 e. The highest BCUT2D eigenvalue weighted by molar-refractivity contribution is 5.44. The fraction of sp³-hybridized carbons (Fsp3) is 0.786. The lowest BCUT2D eigenvalue weighted by Crippen LogP contribution is -2.42. The summed E-state index contributed by atoms with van der Waals surface area (Å²) in [4.78, 5) is 20.0. The first-order valence-corrected chi connectivity index (χ1v) is 7.60. The average molecular weight is 293 g/mol. The third-order valence-corrected chi connectivity index (χ3v) is 3.90. The number of likely N-dealkylation sites (tertiary alicyclic amines) is 1. The van der Waals surface area contributed by atoms with Gasteiger partial charge in [-0.1, -0.05) is 0 Å². The van der Waals surface area contributed by atoms with Gasteiger partial charge in [-0.2, -0.15) is 15.0 Å². The summed E-state index contributed by atoms with van der Waals surface area (Å²) in [6.07, 6.45) is 2.29. The Bertz CT molecular complexity index is 455. The predicted molar refractivity (Wildman–Crippen MR) is 87.2 cm³/mol. The van der Waals surface area contributed by atoms with Crippen LogP contribution in [0.1, 0.15) is 19.8 Å². The van der Waals surface area contributed by atoms with Gasteiger partial charge in [-0.3, -0.25) is 0 Å². The first-order chi connectivity index (χ1) is 10.0. The lowest BCUT2D eigenvalue weighted by atomic mass is 10.0. The van der Waals surface area contributed by atoms with Crippen molar-refractivity contribution in [3.05, 3.63) is 0 Å². The molecule has 0 saturated carbocycles. The summed E-state index contributed by atoms with van der Waals surface area (Å²) >= 11 is 0. The van der Waals surface area contributed by atoms with Crippen LogP contribution in [0.2, 0.25) is 0 Å². The number of aromatic nitrogens is 3. The molecule has 1 aliphatic heterocycles. The van der Waals surface area contributed by atoms with Gasteiger partial charge in [0, 0.05) is 33.7 Å². The van der Waals surface area contributed by atoms with Crippen molar-refractivity contribution in [2.24, 2.45) is 0 Å². The fourth-order valence-electron chi connectivity index (χ4n) is 2.49. The van der Waals surface area contributed by atoms with Crippen LogP contribution in [0.5, 0.6) is 0 Å². The van der Waals surface area contributed by atoms with Crippen LogP contribution >= 0.6 is 0 Å². The van der Waals surface area contributed by atoms with Crippen molar-refractivity contribution in [3.8, 4) is 0 Å². The molecular weight excluding hydrogens is 266 g/mol. The Labute approximate surface area is 127 Å². The second kappa shape index (κ2) is 6.89. The van der Waals surface area contributed by atoms with Crippen LogP contribution in [-0.4, -0.2) is 73.7 Å². The molecule has 118 valence electrons. The van der Waals surface area contributed by atoms with Gasteiger partial charge in [0.2, 0.25) is 17.8 Å². The van der Waals surface area contributed by atoms with Crippen LogP contribution in [0.25, 0.3) is 0 Å². The monoisotopic (exact) mass is 293 g/mol. The maximum Gasteiger partial charge on any atom is 0.231 e. The van der Waals surface area contributed by atoms with Crippen LogP contribution in [-0.2, 0) is 0 Å². The molecule has 7 heteroatoms. The normalized spacial score (nSPS) is 16.8. The van der Waals surface area contributed by atoms with E-state index in [-0.39, 0.29) is 0 Å². The molecule has 0 atom stereocenters. The Morgan fingerprint density at radius 3 is 2.29 bits per heavy atom. The molecule has 1 aromatic rings. The summed E-state index contributed by atoms with van der Waals surface area (Å²) in [5, 5.41) is 3.18. The lowest BCUT2D eigenvalue weighted by Gasteiger charge is -2.35. The Hall–Kier alpha value is -1.63. The minimum atomic E-state index is 0.494. The molecule has 1 fully saturated rings. The third kappa shape index (κ3) is 3.93. The van der Waals surface area contributed by atoms with Gasteiger partial charge in [0.25, 0.3) is 0 Å². The van der Waals surface area contributed by atoms with Crippen LogP contribution in [0, 0.1) is 0 Å². The molecule has 1 N–H and O–H groups in total. The highest BCUT2D eigenvalue weighted by Crippen LogP contribution is 2.21. The van der Waals surface area contributed by atoms with Crippen molar-refractivity contribution < 1.29 is 0 Å².